The minimum Gasteiger partial charge on any atom is -0.501 e. The van der Waals surface area contributed by atoms with Crippen molar-refractivity contribution in [1.82, 2.24) is 9.97 Å². The molecule has 0 atom stereocenters. The van der Waals surface area contributed by atoms with Crippen molar-refractivity contribution in [2.45, 2.75) is 0 Å². The van der Waals surface area contributed by atoms with E-state index in [0.717, 1.165) is 50.0 Å². The summed E-state index contributed by atoms with van der Waals surface area (Å²) in [6, 6.07) is 46.7. The van der Waals surface area contributed by atoms with Gasteiger partial charge in [-0.1, -0.05) is 77.7 Å². The molecule has 0 bridgehead atoms. The van der Waals surface area contributed by atoms with Crippen molar-refractivity contribution in [3.05, 3.63) is 146 Å². The van der Waals surface area contributed by atoms with E-state index in [1.807, 2.05) is 84.9 Å². The summed E-state index contributed by atoms with van der Waals surface area (Å²) in [4.78, 5) is 8.66. The SMILES string of the molecule is [Ir].[c-]1ccc2c(oc3cc(-c4ccccc4)ccc32)c1-c1ccccn1.[c-]1ccccc1-c1ccccn1. The van der Waals surface area contributed by atoms with Gasteiger partial charge in [0.1, 0.15) is 5.58 Å². The van der Waals surface area contributed by atoms with Gasteiger partial charge in [0.25, 0.3) is 0 Å². The summed E-state index contributed by atoms with van der Waals surface area (Å²) in [5.74, 6) is 0. The summed E-state index contributed by atoms with van der Waals surface area (Å²) in [5, 5.41) is 2.20. The van der Waals surface area contributed by atoms with Gasteiger partial charge >= 0.3 is 0 Å². The second-order valence-electron chi connectivity index (χ2n) is 8.48. The normalized spacial score (nSPS) is 10.4. The standard InChI is InChI=1S/C23H14NO.C11H8N.Ir/c1-2-7-16(8-3-1)17-12-13-18-19-9-6-10-20(21-11-4-5-14-24-21)23(19)25-22(18)15-17;1-2-6-10(7-3-1)11-8-4-5-9-12-11;/h1-9,11-15H;1-6,8-9H;/q2*-1;. The molecule has 0 aliphatic heterocycles. The molecule has 3 aromatic heterocycles. The van der Waals surface area contributed by atoms with Crippen molar-refractivity contribution in [2.24, 2.45) is 0 Å². The Labute approximate surface area is 235 Å². The van der Waals surface area contributed by atoms with Crippen molar-refractivity contribution < 1.29 is 24.5 Å². The number of rotatable bonds is 3. The molecule has 0 saturated carbocycles. The zero-order valence-electron chi connectivity index (χ0n) is 20.3. The number of hydrogen-bond donors (Lipinski definition) is 0. The average molecular weight is 667 g/mol. The Kier molecular flexibility index (Phi) is 7.84. The van der Waals surface area contributed by atoms with Crippen LogP contribution in [0.1, 0.15) is 0 Å². The van der Waals surface area contributed by atoms with E-state index >= 15 is 0 Å². The van der Waals surface area contributed by atoms with Crippen LogP contribution in [0.5, 0.6) is 0 Å². The molecule has 7 aromatic rings. The Hall–Kier alpha value is -4.37. The summed E-state index contributed by atoms with van der Waals surface area (Å²) < 4.78 is 6.23. The maximum Gasteiger partial charge on any atom is 0.121 e. The number of fused-ring (bicyclic) bond motifs is 3. The summed E-state index contributed by atoms with van der Waals surface area (Å²) in [7, 11) is 0. The largest absolute Gasteiger partial charge is 0.501 e. The minimum atomic E-state index is 0. The summed E-state index contributed by atoms with van der Waals surface area (Å²) >= 11 is 0. The molecule has 0 aliphatic rings. The van der Waals surface area contributed by atoms with Gasteiger partial charge < -0.3 is 14.4 Å². The zero-order valence-corrected chi connectivity index (χ0v) is 22.7. The first-order valence-corrected chi connectivity index (χ1v) is 12.1. The predicted octanol–water partition coefficient (Wildman–Crippen LogP) is 8.66. The van der Waals surface area contributed by atoms with Crippen molar-refractivity contribution in [3.8, 4) is 33.6 Å². The van der Waals surface area contributed by atoms with Crippen molar-refractivity contribution in [3.63, 3.8) is 0 Å². The van der Waals surface area contributed by atoms with E-state index in [-0.39, 0.29) is 20.1 Å². The molecule has 185 valence electrons. The molecule has 0 unspecified atom stereocenters. The van der Waals surface area contributed by atoms with Gasteiger partial charge in [0.2, 0.25) is 0 Å². The molecule has 3 heterocycles. The van der Waals surface area contributed by atoms with E-state index in [0.29, 0.717) is 0 Å². The maximum atomic E-state index is 6.23. The van der Waals surface area contributed by atoms with Crippen molar-refractivity contribution in [1.29, 1.82) is 0 Å². The molecule has 4 heteroatoms. The zero-order chi connectivity index (χ0) is 24.9. The van der Waals surface area contributed by atoms with Crippen LogP contribution >= 0.6 is 0 Å². The third kappa shape index (κ3) is 5.33. The molecule has 4 aromatic carbocycles. The van der Waals surface area contributed by atoms with Crippen molar-refractivity contribution >= 4 is 21.9 Å². The predicted molar refractivity (Wildman–Crippen MR) is 150 cm³/mol. The Morgan fingerprint density at radius 2 is 1.29 bits per heavy atom. The first kappa shape index (κ1) is 25.3. The van der Waals surface area contributed by atoms with Crippen LogP contribution in [0.15, 0.2) is 138 Å². The third-order valence-electron chi connectivity index (χ3n) is 6.11. The van der Waals surface area contributed by atoms with Gasteiger partial charge in [0, 0.05) is 37.9 Å². The third-order valence-corrected chi connectivity index (χ3v) is 6.11. The second kappa shape index (κ2) is 11.8. The molecule has 0 fully saturated rings. The number of benzene rings is 4. The van der Waals surface area contributed by atoms with Crippen LogP contribution in [0.3, 0.4) is 0 Å². The fourth-order valence-electron chi connectivity index (χ4n) is 4.33. The van der Waals surface area contributed by atoms with Crippen LogP contribution in [-0.2, 0) is 20.1 Å². The topological polar surface area (TPSA) is 38.9 Å². The van der Waals surface area contributed by atoms with Crippen LogP contribution < -0.4 is 0 Å². The monoisotopic (exact) mass is 667 g/mol. The fourth-order valence-corrected chi connectivity index (χ4v) is 4.33. The number of pyridine rings is 2. The van der Waals surface area contributed by atoms with Crippen LogP contribution in [0.25, 0.3) is 55.6 Å². The number of hydrogen-bond acceptors (Lipinski definition) is 3. The van der Waals surface area contributed by atoms with Gasteiger partial charge in [-0.3, -0.25) is 0 Å². The Morgan fingerprint density at radius 1 is 0.553 bits per heavy atom. The first-order chi connectivity index (χ1) is 18.4. The molecule has 0 N–H and O–H groups in total. The molecular formula is C34H22IrN2O-2. The van der Waals surface area contributed by atoms with Gasteiger partial charge in [-0.25, -0.2) is 0 Å². The molecule has 0 saturated heterocycles. The van der Waals surface area contributed by atoms with Crippen LogP contribution in [-0.4, -0.2) is 9.97 Å². The van der Waals surface area contributed by atoms with Gasteiger partial charge in [-0.15, -0.1) is 54.1 Å². The van der Waals surface area contributed by atoms with E-state index in [1.54, 1.807) is 12.4 Å². The number of nitrogens with zero attached hydrogens (tertiary/aromatic N) is 2. The van der Waals surface area contributed by atoms with Crippen molar-refractivity contribution in [2.75, 3.05) is 0 Å². The van der Waals surface area contributed by atoms with E-state index < -0.39 is 0 Å². The summed E-state index contributed by atoms with van der Waals surface area (Å²) in [6.07, 6.45) is 3.58. The van der Waals surface area contributed by atoms with Crippen LogP contribution in [0.4, 0.5) is 0 Å². The minimum absolute atomic E-state index is 0. The fraction of sp³-hybridized carbons (Fsp3) is 0. The van der Waals surface area contributed by atoms with E-state index in [2.05, 4.69) is 58.5 Å². The van der Waals surface area contributed by atoms with Crippen LogP contribution in [0, 0.1) is 12.1 Å². The molecule has 1 radical (unpaired) electrons. The summed E-state index contributed by atoms with van der Waals surface area (Å²) in [6.45, 7) is 0. The van der Waals surface area contributed by atoms with E-state index in [1.165, 1.54) is 5.56 Å². The number of furan rings is 1. The molecule has 0 amide bonds. The smallest absolute Gasteiger partial charge is 0.121 e. The molecule has 0 aliphatic carbocycles. The molecule has 3 nitrogen and oxygen atoms in total. The van der Waals surface area contributed by atoms with Gasteiger partial charge in [-0.2, -0.15) is 0 Å². The molecular weight excluding hydrogens is 645 g/mol. The molecule has 38 heavy (non-hydrogen) atoms. The molecule has 7 rings (SSSR count). The van der Waals surface area contributed by atoms with Gasteiger partial charge in [-0.05, 0) is 40.7 Å². The Bertz CT molecular complexity index is 1710. The maximum absolute atomic E-state index is 6.23. The first-order valence-electron chi connectivity index (χ1n) is 12.1. The number of aromatic nitrogens is 2. The summed E-state index contributed by atoms with van der Waals surface area (Å²) in [5.41, 5.74) is 7.83. The second-order valence-corrected chi connectivity index (χ2v) is 8.48. The quantitative estimate of drug-likeness (QED) is 0.177. The van der Waals surface area contributed by atoms with E-state index in [4.69, 9.17) is 4.42 Å². The van der Waals surface area contributed by atoms with Gasteiger partial charge in [0.15, 0.2) is 0 Å². The van der Waals surface area contributed by atoms with Gasteiger partial charge in [0.05, 0.1) is 5.58 Å². The Morgan fingerprint density at radius 3 is 2.00 bits per heavy atom. The average Bonchev–Trinajstić information content (AvgIpc) is 3.37. The van der Waals surface area contributed by atoms with E-state index in [9.17, 15) is 0 Å². The molecule has 0 spiro atoms. The van der Waals surface area contributed by atoms with Crippen LogP contribution in [0.2, 0.25) is 0 Å². The Balaban J connectivity index is 0.000000191.